The molecule has 0 aliphatic rings. The molecule has 0 aliphatic heterocycles. The average molecular weight is 424 g/mol. The molecule has 2 heterocycles. The number of anilines is 1. The Labute approximate surface area is 163 Å². The lowest BCUT2D eigenvalue weighted by Gasteiger charge is -2.09. The molecule has 0 bridgehead atoms. The number of carbonyl (C=O) groups is 1. The molecule has 2 aromatic carbocycles. The van der Waals surface area contributed by atoms with Gasteiger partial charge >= 0.3 is 0 Å². The Hall–Kier alpha value is -3.26. The fourth-order valence-electron chi connectivity index (χ4n) is 2.60. The first-order valence-electron chi connectivity index (χ1n) is 8.12. The molecule has 7 nitrogen and oxygen atoms in total. The van der Waals surface area contributed by atoms with Gasteiger partial charge in [0.05, 0.1) is 22.0 Å². The van der Waals surface area contributed by atoms with Crippen molar-refractivity contribution in [2.45, 2.75) is 6.92 Å². The molecule has 0 radical (unpaired) electrons. The van der Waals surface area contributed by atoms with Crippen LogP contribution in [0.4, 0.5) is 5.69 Å². The van der Waals surface area contributed by atoms with E-state index in [1.54, 1.807) is 36.0 Å². The summed E-state index contributed by atoms with van der Waals surface area (Å²) in [6.07, 6.45) is 3.55. The Bertz CT molecular complexity index is 1100. The number of rotatable bonds is 4. The molecule has 0 fully saturated rings. The summed E-state index contributed by atoms with van der Waals surface area (Å²) in [6.45, 7) is 1.72. The normalized spacial score (nSPS) is 10.7. The molecule has 4 aromatic rings. The summed E-state index contributed by atoms with van der Waals surface area (Å²) in [5, 5.41) is 11.1. The highest BCUT2D eigenvalue weighted by atomic mass is 79.9. The number of nitrogens with one attached hydrogen (secondary N) is 1. The third kappa shape index (κ3) is 3.65. The molecular weight excluding hydrogens is 410 g/mol. The van der Waals surface area contributed by atoms with Crippen LogP contribution < -0.4 is 5.32 Å². The van der Waals surface area contributed by atoms with Crippen LogP contribution in [-0.4, -0.2) is 25.8 Å². The molecule has 1 N–H and O–H groups in total. The number of benzene rings is 2. The molecule has 2 aromatic heterocycles. The molecule has 134 valence electrons. The molecule has 0 saturated heterocycles. The van der Waals surface area contributed by atoms with Crippen molar-refractivity contribution in [2.75, 3.05) is 5.32 Å². The van der Waals surface area contributed by atoms with Crippen LogP contribution in [0.1, 0.15) is 16.2 Å². The van der Waals surface area contributed by atoms with E-state index in [2.05, 4.69) is 36.5 Å². The minimum atomic E-state index is -0.226. The lowest BCUT2D eigenvalue weighted by Crippen LogP contribution is -2.12. The maximum absolute atomic E-state index is 12.6. The van der Waals surface area contributed by atoms with Crippen molar-refractivity contribution in [2.24, 2.45) is 0 Å². The van der Waals surface area contributed by atoms with Gasteiger partial charge in [-0.1, -0.05) is 17.3 Å². The van der Waals surface area contributed by atoms with Crippen molar-refractivity contribution in [3.05, 3.63) is 76.9 Å². The van der Waals surface area contributed by atoms with Crippen LogP contribution in [0, 0.1) is 6.92 Å². The number of nitrogens with zero attached hydrogens (tertiary/aromatic N) is 4. The van der Waals surface area contributed by atoms with E-state index in [9.17, 15) is 4.79 Å². The summed E-state index contributed by atoms with van der Waals surface area (Å²) in [5.74, 6) is 0.672. The van der Waals surface area contributed by atoms with Crippen molar-refractivity contribution in [1.82, 2.24) is 19.9 Å². The first kappa shape index (κ1) is 17.2. The fraction of sp³-hybridized carbons (Fsp3) is 0.0526. The van der Waals surface area contributed by atoms with Gasteiger partial charge in [-0.25, -0.2) is 4.68 Å². The van der Waals surface area contributed by atoms with E-state index in [-0.39, 0.29) is 5.91 Å². The topological polar surface area (TPSA) is 85.8 Å². The van der Waals surface area contributed by atoms with Gasteiger partial charge in [0.15, 0.2) is 0 Å². The standard InChI is InChI=1S/C19H14BrN5O2/c1-12-22-18(24-27-12)16-4-2-3-5-17(16)23-19(26)13-6-8-15(9-7-13)25-11-14(20)10-21-25/h2-11H,1H3,(H,23,26). The van der Waals surface area contributed by atoms with Gasteiger partial charge < -0.3 is 9.84 Å². The first-order chi connectivity index (χ1) is 13.1. The smallest absolute Gasteiger partial charge is 0.255 e. The van der Waals surface area contributed by atoms with Gasteiger partial charge in [-0.2, -0.15) is 10.1 Å². The monoisotopic (exact) mass is 423 g/mol. The second kappa shape index (κ2) is 7.16. The molecular formula is C19H14BrN5O2. The highest BCUT2D eigenvalue weighted by molar-refractivity contribution is 9.10. The van der Waals surface area contributed by atoms with E-state index in [1.165, 1.54) is 0 Å². The third-order valence-electron chi connectivity index (χ3n) is 3.89. The summed E-state index contributed by atoms with van der Waals surface area (Å²) in [7, 11) is 0. The number of hydrogen-bond acceptors (Lipinski definition) is 5. The second-order valence-electron chi connectivity index (χ2n) is 5.79. The first-order valence-corrected chi connectivity index (χ1v) is 8.91. The van der Waals surface area contributed by atoms with Gasteiger partial charge in [-0.05, 0) is 52.3 Å². The molecule has 1 amide bonds. The van der Waals surface area contributed by atoms with E-state index >= 15 is 0 Å². The zero-order valence-corrected chi connectivity index (χ0v) is 15.8. The molecule has 0 saturated carbocycles. The Morgan fingerprint density at radius 1 is 1.15 bits per heavy atom. The van der Waals surface area contributed by atoms with Crippen LogP contribution in [0.2, 0.25) is 0 Å². The largest absolute Gasteiger partial charge is 0.339 e. The van der Waals surface area contributed by atoms with Gasteiger partial charge in [0.2, 0.25) is 11.7 Å². The summed E-state index contributed by atoms with van der Waals surface area (Å²) < 4.78 is 7.64. The van der Waals surface area contributed by atoms with Crippen LogP contribution in [0.15, 0.2) is 69.9 Å². The van der Waals surface area contributed by atoms with Crippen molar-refractivity contribution < 1.29 is 9.32 Å². The number of para-hydroxylation sites is 1. The number of aryl methyl sites for hydroxylation is 1. The lowest BCUT2D eigenvalue weighted by molar-refractivity contribution is 0.102. The minimum absolute atomic E-state index is 0.226. The molecule has 0 aliphatic carbocycles. The number of carbonyl (C=O) groups excluding carboxylic acids is 1. The molecule has 8 heteroatoms. The zero-order valence-electron chi connectivity index (χ0n) is 14.3. The predicted molar refractivity (Wildman–Crippen MR) is 104 cm³/mol. The van der Waals surface area contributed by atoms with Crippen molar-refractivity contribution in [3.63, 3.8) is 0 Å². The van der Waals surface area contributed by atoms with E-state index in [0.717, 1.165) is 10.2 Å². The quantitative estimate of drug-likeness (QED) is 0.530. The van der Waals surface area contributed by atoms with Gasteiger partial charge in [-0.3, -0.25) is 4.79 Å². The number of amides is 1. The fourth-order valence-corrected chi connectivity index (χ4v) is 2.88. The maximum Gasteiger partial charge on any atom is 0.255 e. The highest BCUT2D eigenvalue weighted by Gasteiger charge is 2.14. The predicted octanol–water partition coefficient (Wildman–Crippen LogP) is 4.25. The zero-order chi connectivity index (χ0) is 18.8. The Morgan fingerprint density at radius 3 is 2.59 bits per heavy atom. The van der Waals surface area contributed by atoms with E-state index in [4.69, 9.17) is 4.52 Å². The maximum atomic E-state index is 12.6. The van der Waals surface area contributed by atoms with Gasteiger partial charge in [0.25, 0.3) is 5.91 Å². The molecule has 0 unspecified atom stereocenters. The van der Waals surface area contributed by atoms with E-state index < -0.39 is 0 Å². The van der Waals surface area contributed by atoms with E-state index in [1.807, 2.05) is 36.5 Å². The molecule has 4 rings (SSSR count). The second-order valence-corrected chi connectivity index (χ2v) is 6.70. The summed E-state index contributed by atoms with van der Waals surface area (Å²) in [4.78, 5) is 16.9. The van der Waals surface area contributed by atoms with Crippen LogP contribution in [-0.2, 0) is 0 Å². The van der Waals surface area contributed by atoms with E-state index in [0.29, 0.717) is 28.5 Å². The highest BCUT2D eigenvalue weighted by Crippen LogP contribution is 2.26. The number of halogens is 1. The van der Waals surface area contributed by atoms with Crippen molar-refractivity contribution >= 4 is 27.5 Å². The summed E-state index contributed by atoms with van der Waals surface area (Å²) >= 11 is 3.37. The minimum Gasteiger partial charge on any atom is -0.339 e. The Balaban J connectivity index is 1.56. The van der Waals surface area contributed by atoms with Crippen LogP contribution in [0.3, 0.4) is 0 Å². The molecule has 0 spiro atoms. The van der Waals surface area contributed by atoms with Gasteiger partial charge in [-0.15, -0.1) is 0 Å². The summed E-state index contributed by atoms with van der Waals surface area (Å²) in [6, 6.07) is 14.5. The van der Waals surface area contributed by atoms with Crippen LogP contribution >= 0.6 is 15.9 Å². The Morgan fingerprint density at radius 2 is 1.93 bits per heavy atom. The Kier molecular flexibility index (Phi) is 4.55. The van der Waals surface area contributed by atoms with Gasteiger partial charge in [0, 0.05) is 24.2 Å². The SMILES string of the molecule is Cc1nc(-c2ccccc2NC(=O)c2ccc(-n3cc(Br)cn3)cc2)no1. The van der Waals surface area contributed by atoms with Crippen LogP contribution in [0.5, 0.6) is 0 Å². The number of hydrogen-bond donors (Lipinski definition) is 1. The van der Waals surface area contributed by atoms with Crippen molar-refractivity contribution in [3.8, 4) is 17.1 Å². The van der Waals surface area contributed by atoms with Crippen LogP contribution in [0.25, 0.3) is 17.1 Å². The van der Waals surface area contributed by atoms with Gasteiger partial charge in [0.1, 0.15) is 0 Å². The molecule has 27 heavy (non-hydrogen) atoms. The third-order valence-corrected chi connectivity index (χ3v) is 4.30. The average Bonchev–Trinajstić information content (AvgIpc) is 3.31. The molecule has 0 atom stereocenters. The number of aromatic nitrogens is 4. The van der Waals surface area contributed by atoms with Crippen molar-refractivity contribution in [1.29, 1.82) is 0 Å². The summed E-state index contributed by atoms with van der Waals surface area (Å²) in [5.41, 5.74) is 2.70. The lowest BCUT2D eigenvalue weighted by atomic mass is 10.1.